The topological polar surface area (TPSA) is 82.4 Å². The first kappa shape index (κ1) is 18.2. The molecule has 146 valence electrons. The number of para-hydroxylation sites is 1. The van der Waals surface area contributed by atoms with Crippen molar-refractivity contribution in [3.63, 3.8) is 0 Å². The number of nitrogens with zero attached hydrogens (tertiary/aromatic N) is 5. The number of amides is 1. The highest BCUT2D eigenvalue weighted by Crippen LogP contribution is 2.34. The van der Waals surface area contributed by atoms with Crippen molar-refractivity contribution in [3.8, 4) is 11.5 Å². The fraction of sp³-hybridized carbons (Fsp3) is 0.400. The van der Waals surface area contributed by atoms with Crippen LogP contribution >= 0.6 is 0 Å². The number of hydrogen-bond donors (Lipinski definition) is 0. The fourth-order valence-electron chi connectivity index (χ4n) is 3.89. The van der Waals surface area contributed by atoms with E-state index in [0.29, 0.717) is 30.2 Å². The summed E-state index contributed by atoms with van der Waals surface area (Å²) in [5.74, 6) is 1.07. The molecular weight excluding hydrogens is 358 g/mol. The van der Waals surface area contributed by atoms with Crippen LogP contribution in [-0.2, 0) is 7.05 Å². The molecule has 8 heteroatoms. The van der Waals surface area contributed by atoms with E-state index in [9.17, 15) is 4.79 Å². The van der Waals surface area contributed by atoms with Crippen molar-refractivity contribution < 1.29 is 14.3 Å². The van der Waals surface area contributed by atoms with E-state index in [1.165, 1.54) is 0 Å². The fourth-order valence-corrected chi connectivity index (χ4v) is 3.89. The molecule has 1 aliphatic rings. The maximum atomic E-state index is 13.2. The Kier molecular flexibility index (Phi) is 4.85. The monoisotopic (exact) mass is 381 g/mol. The molecule has 2 aromatic heterocycles. The van der Waals surface area contributed by atoms with Gasteiger partial charge in [0.25, 0.3) is 5.91 Å². The molecule has 1 atom stereocenters. The second-order valence-corrected chi connectivity index (χ2v) is 6.87. The molecule has 4 rings (SSSR count). The van der Waals surface area contributed by atoms with Gasteiger partial charge >= 0.3 is 0 Å². The third-order valence-corrected chi connectivity index (χ3v) is 5.21. The van der Waals surface area contributed by atoms with Crippen molar-refractivity contribution in [2.75, 3.05) is 27.3 Å². The average molecular weight is 381 g/mol. The molecule has 0 saturated carbocycles. The van der Waals surface area contributed by atoms with Gasteiger partial charge in [0.05, 0.1) is 25.5 Å². The summed E-state index contributed by atoms with van der Waals surface area (Å²) in [6, 6.07) is 5.36. The second-order valence-electron chi connectivity index (χ2n) is 6.87. The molecule has 3 aromatic rings. The zero-order valence-corrected chi connectivity index (χ0v) is 16.3. The van der Waals surface area contributed by atoms with Crippen LogP contribution in [0, 0.1) is 0 Å². The third-order valence-electron chi connectivity index (χ3n) is 5.21. The molecule has 8 nitrogen and oxygen atoms in total. The van der Waals surface area contributed by atoms with Gasteiger partial charge < -0.3 is 14.4 Å². The Morgan fingerprint density at radius 1 is 1.18 bits per heavy atom. The predicted molar refractivity (Wildman–Crippen MR) is 104 cm³/mol. The lowest BCUT2D eigenvalue weighted by atomic mass is 9.93. The molecular formula is C20H23N5O3. The molecule has 1 unspecified atom stereocenters. The zero-order chi connectivity index (χ0) is 19.7. The number of ether oxygens (including phenoxy) is 2. The normalized spacial score (nSPS) is 17.0. The van der Waals surface area contributed by atoms with Crippen LogP contribution in [0.5, 0.6) is 11.5 Å². The molecule has 1 amide bonds. The molecule has 1 aliphatic heterocycles. The summed E-state index contributed by atoms with van der Waals surface area (Å²) in [5, 5.41) is 4.65. The summed E-state index contributed by atoms with van der Waals surface area (Å²) in [7, 11) is 4.98. The van der Waals surface area contributed by atoms with E-state index in [2.05, 4.69) is 15.1 Å². The van der Waals surface area contributed by atoms with Crippen molar-refractivity contribution in [1.29, 1.82) is 0 Å². The Morgan fingerprint density at radius 2 is 2.00 bits per heavy atom. The van der Waals surface area contributed by atoms with E-state index < -0.39 is 0 Å². The standard InChI is InChI=1S/C20H23N5O3/c1-24-19-17(21-9-10-22-19)16(23-24)13-6-5-11-25(12-13)20(26)14-7-4-8-15(27-2)18(14)28-3/h4,7-10,13H,5-6,11-12H2,1-3H3. The molecule has 28 heavy (non-hydrogen) atoms. The lowest BCUT2D eigenvalue weighted by molar-refractivity contribution is 0.0702. The van der Waals surface area contributed by atoms with Gasteiger partial charge in [-0.3, -0.25) is 4.79 Å². The zero-order valence-electron chi connectivity index (χ0n) is 16.3. The van der Waals surface area contributed by atoms with E-state index in [-0.39, 0.29) is 11.8 Å². The molecule has 0 spiro atoms. The van der Waals surface area contributed by atoms with Crippen LogP contribution in [0.4, 0.5) is 0 Å². The first-order chi connectivity index (χ1) is 13.6. The van der Waals surface area contributed by atoms with Gasteiger partial charge in [-0.25, -0.2) is 14.6 Å². The lowest BCUT2D eigenvalue weighted by Crippen LogP contribution is -2.39. The molecule has 0 radical (unpaired) electrons. The Morgan fingerprint density at radius 3 is 2.79 bits per heavy atom. The average Bonchev–Trinajstić information content (AvgIpc) is 3.09. The Hall–Kier alpha value is -3.16. The van der Waals surface area contributed by atoms with E-state index in [4.69, 9.17) is 9.47 Å². The summed E-state index contributed by atoms with van der Waals surface area (Å²) < 4.78 is 12.5. The first-order valence-electron chi connectivity index (χ1n) is 9.28. The quantitative estimate of drug-likeness (QED) is 0.690. The lowest BCUT2D eigenvalue weighted by Gasteiger charge is -2.32. The minimum Gasteiger partial charge on any atom is -0.493 e. The number of aromatic nitrogens is 4. The van der Waals surface area contributed by atoms with Crippen molar-refractivity contribution in [2.45, 2.75) is 18.8 Å². The largest absolute Gasteiger partial charge is 0.493 e. The molecule has 1 aromatic carbocycles. The molecule has 3 heterocycles. The summed E-state index contributed by atoms with van der Waals surface area (Å²) in [5.41, 5.74) is 2.98. The number of rotatable bonds is 4. The SMILES string of the molecule is COc1cccc(C(=O)N2CCCC(c3nn(C)c4nccnc34)C2)c1OC. The van der Waals surface area contributed by atoms with Gasteiger partial charge in [-0.1, -0.05) is 6.07 Å². The van der Waals surface area contributed by atoms with Crippen LogP contribution in [0.2, 0.25) is 0 Å². The number of aryl methyl sites for hydroxylation is 1. The van der Waals surface area contributed by atoms with Crippen molar-refractivity contribution >= 4 is 17.1 Å². The second kappa shape index (κ2) is 7.46. The van der Waals surface area contributed by atoms with Crippen LogP contribution in [0.3, 0.4) is 0 Å². The highest BCUT2D eigenvalue weighted by atomic mass is 16.5. The number of carbonyl (C=O) groups is 1. The van der Waals surface area contributed by atoms with E-state index >= 15 is 0 Å². The Balaban J connectivity index is 1.63. The molecule has 1 fully saturated rings. The molecule has 0 N–H and O–H groups in total. The summed E-state index contributed by atoms with van der Waals surface area (Å²) in [6.45, 7) is 1.29. The number of methoxy groups -OCH3 is 2. The Bertz CT molecular complexity index is 1020. The van der Waals surface area contributed by atoms with E-state index in [1.807, 2.05) is 11.9 Å². The van der Waals surface area contributed by atoms with Crippen LogP contribution in [-0.4, -0.2) is 57.9 Å². The van der Waals surface area contributed by atoms with Gasteiger partial charge in [-0.15, -0.1) is 0 Å². The maximum absolute atomic E-state index is 13.2. The van der Waals surface area contributed by atoms with Gasteiger partial charge in [0.2, 0.25) is 0 Å². The molecule has 0 aliphatic carbocycles. The number of hydrogen-bond acceptors (Lipinski definition) is 6. The van der Waals surface area contributed by atoms with Gasteiger partial charge in [0.1, 0.15) is 5.52 Å². The number of likely N-dealkylation sites (tertiary alicyclic amines) is 1. The molecule has 1 saturated heterocycles. The van der Waals surface area contributed by atoms with Gasteiger partial charge in [-0.2, -0.15) is 5.10 Å². The highest BCUT2D eigenvalue weighted by molar-refractivity contribution is 5.98. The Labute approximate surface area is 163 Å². The van der Waals surface area contributed by atoms with Gasteiger partial charge in [0.15, 0.2) is 17.1 Å². The number of carbonyl (C=O) groups excluding carboxylic acids is 1. The van der Waals surface area contributed by atoms with Crippen LogP contribution in [0.25, 0.3) is 11.2 Å². The van der Waals surface area contributed by atoms with Crippen molar-refractivity contribution in [3.05, 3.63) is 41.9 Å². The summed E-state index contributed by atoms with van der Waals surface area (Å²) in [6.07, 6.45) is 5.21. The van der Waals surface area contributed by atoms with E-state index in [0.717, 1.165) is 29.7 Å². The summed E-state index contributed by atoms with van der Waals surface area (Å²) >= 11 is 0. The predicted octanol–water partition coefficient (Wildman–Crippen LogP) is 2.40. The maximum Gasteiger partial charge on any atom is 0.257 e. The number of fused-ring (bicyclic) bond motifs is 1. The van der Waals surface area contributed by atoms with E-state index in [1.54, 1.807) is 49.5 Å². The smallest absolute Gasteiger partial charge is 0.257 e. The van der Waals surface area contributed by atoms with Gasteiger partial charge in [-0.05, 0) is 25.0 Å². The van der Waals surface area contributed by atoms with Crippen LogP contribution in [0.1, 0.15) is 34.8 Å². The number of benzene rings is 1. The van der Waals surface area contributed by atoms with Crippen LogP contribution < -0.4 is 9.47 Å². The number of piperidine rings is 1. The molecule has 0 bridgehead atoms. The first-order valence-corrected chi connectivity index (χ1v) is 9.28. The van der Waals surface area contributed by atoms with Crippen molar-refractivity contribution in [2.24, 2.45) is 7.05 Å². The summed E-state index contributed by atoms with van der Waals surface area (Å²) in [4.78, 5) is 23.9. The van der Waals surface area contributed by atoms with Crippen LogP contribution in [0.15, 0.2) is 30.6 Å². The highest BCUT2D eigenvalue weighted by Gasteiger charge is 2.30. The minimum atomic E-state index is -0.0632. The third kappa shape index (κ3) is 3.04. The minimum absolute atomic E-state index is 0.0632. The van der Waals surface area contributed by atoms with Gasteiger partial charge in [0, 0.05) is 38.4 Å². The van der Waals surface area contributed by atoms with Crippen molar-refractivity contribution in [1.82, 2.24) is 24.6 Å².